The molecule has 3 nitrogen and oxygen atoms in total. The van der Waals surface area contributed by atoms with Crippen molar-refractivity contribution in [3.63, 3.8) is 0 Å². The molecule has 0 radical (unpaired) electrons. The molecule has 1 aliphatic rings. The third-order valence-electron chi connectivity index (χ3n) is 2.58. The SMILES string of the molecule is NCC1CC(Oc2ncc(Cl)cc2F)C1. The van der Waals surface area contributed by atoms with Gasteiger partial charge in [0.2, 0.25) is 0 Å². The molecule has 0 bridgehead atoms. The Morgan fingerprint density at radius 3 is 2.93 bits per heavy atom. The predicted molar refractivity (Wildman–Crippen MR) is 55.4 cm³/mol. The average Bonchev–Trinajstić information content (AvgIpc) is 2.13. The summed E-state index contributed by atoms with van der Waals surface area (Å²) in [5.74, 6) is 0.0175. The van der Waals surface area contributed by atoms with Gasteiger partial charge in [-0.3, -0.25) is 0 Å². The quantitative estimate of drug-likeness (QED) is 0.864. The lowest BCUT2D eigenvalue weighted by Gasteiger charge is -2.34. The Labute approximate surface area is 92.4 Å². The van der Waals surface area contributed by atoms with E-state index in [2.05, 4.69) is 4.98 Å². The highest BCUT2D eigenvalue weighted by molar-refractivity contribution is 6.30. The summed E-state index contributed by atoms with van der Waals surface area (Å²) in [6.45, 7) is 0.663. The minimum Gasteiger partial charge on any atom is -0.472 e. The second-order valence-electron chi connectivity index (χ2n) is 3.75. The lowest BCUT2D eigenvalue weighted by molar-refractivity contribution is 0.0609. The van der Waals surface area contributed by atoms with Gasteiger partial charge in [0.1, 0.15) is 6.10 Å². The van der Waals surface area contributed by atoms with Crippen LogP contribution in [-0.2, 0) is 0 Å². The van der Waals surface area contributed by atoms with Crippen LogP contribution in [0.25, 0.3) is 0 Å². The third kappa shape index (κ3) is 2.38. The Kier molecular flexibility index (Phi) is 3.07. The molecule has 2 rings (SSSR count). The summed E-state index contributed by atoms with van der Waals surface area (Å²) in [5, 5.41) is 0.272. The first-order valence-corrected chi connectivity index (χ1v) is 5.24. The third-order valence-corrected chi connectivity index (χ3v) is 2.78. The molecular formula is C10H12ClFN2O. The summed E-state index contributed by atoms with van der Waals surface area (Å²) in [6.07, 6.45) is 3.17. The predicted octanol–water partition coefficient (Wildman–Crippen LogP) is 1.99. The standard InChI is InChI=1S/C10H12ClFN2O/c11-7-3-9(12)10(14-5-7)15-8-1-6(2-8)4-13/h3,5-6,8H,1-2,4,13H2. The number of nitrogens with zero attached hydrogens (tertiary/aromatic N) is 1. The molecule has 2 N–H and O–H groups in total. The highest BCUT2D eigenvalue weighted by atomic mass is 35.5. The molecule has 0 saturated heterocycles. The fourth-order valence-electron chi connectivity index (χ4n) is 1.61. The molecule has 1 heterocycles. The maximum absolute atomic E-state index is 13.3. The van der Waals surface area contributed by atoms with E-state index in [0.717, 1.165) is 12.8 Å². The second kappa shape index (κ2) is 4.33. The molecule has 1 aromatic heterocycles. The van der Waals surface area contributed by atoms with Gasteiger partial charge in [-0.15, -0.1) is 0 Å². The van der Waals surface area contributed by atoms with Crippen molar-refractivity contribution < 1.29 is 9.13 Å². The minimum absolute atomic E-state index is 0.0277. The van der Waals surface area contributed by atoms with Crippen LogP contribution in [0.4, 0.5) is 4.39 Å². The topological polar surface area (TPSA) is 48.1 Å². The van der Waals surface area contributed by atoms with Crippen molar-refractivity contribution in [1.29, 1.82) is 0 Å². The van der Waals surface area contributed by atoms with Crippen LogP contribution >= 0.6 is 11.6 Å². The monoisotopic (exact) mass is 230 g/mol. The first-order chi connectivity index (χ1) is 7.19. The number of aromatic nitrogens is 1. The summed E-state index contributed by atoms with van der Waals surface area (Å²) in [4.78, 5) is 3.79. The van der Waals surface area contributed by atoms with E-state index in [1.807, 2.05) is 0 Å². The Bertz CT molecular complexity index is 355. The number of rotatable bonds is 3. The van der Waals surface area contributed by atoms with Crippen LogP contribution in [-0.4, -0.2) is 17.6 Å². The lowest BCUT2D eigenvalue weighted by atomic mass is 9.82. The van der Waals surface area contributed by atoms with Gasteiger partial charge >= 0.3 is 0 Å². The van der Waals surface area contributed by atoms with E-state index in [1.54, 1.807) is 0 Å². The van der Waals surface area contributed by atoms with E-state index < -0.39 is 5.82 Å². The zero-order chi connectivity index (χ0) is 10.8. The molecule has 1 saturated carbocycles. The number of hydrogen-bond donors (Lipinski definition) is 1. The van der Waals surface area contributed by atoms with Crippen LogP contribution in [0, 0.1) is 11.7 Å². The van der Waals surface area contributed by atoms with Gasteiger partial charge in [0.25, 0.3) is 5.88 Å². The normalized spacial score (nSPS) is 24.7. The Morgan fingerprint density at radius 2 is 2.33 bits per heavy atom. The molecule has 0 spiro atoms. The van der Waals surface area contributed by atoms with E-state index in [1.165, 1.54) is 12.3 Å². The summed E-state index contributed by atoms with van der Waals surface area (Å²) < 4.78 is 18.6. The van der Waals surface area contributed by atoms with E-state index in [0.29, 0.717) is 12.5 Å². The number of nitrogens with two attached hydrogens (primary N) is 1. The molecule has 1 fully saturated rings. The minimum atomic E-state index is -0.515. The van der Waals surface area contributed by atoms with Crippen LogP contribution in [0.15, 0.2) is 12.3 Å². The van der Waals surface area contributed by atoms with Crippen LogP contribution in [0.3, 0.4) is 0 Å². The van der Waals surface area contributed by atoms with Crippen molar-refractivity contribution in [1.82, 2.24) is 4.98 Å². The average molecular weight is 231 g/mol. The molecule has 1 aliphatic carbocycles. The molecule has 0 aliphatic heterocycles. The zero-order valence-corrected chi connectivity index (χ0v) is 8.88. The highest BCUT2D eigenvalue weighted by Gasteiger charge is 2.30. The Hall–Kier alpha value is -0.870. The van der Waals surface area contributed by atoms with Gasteiger partial charge in [-0.25, -0.2) is 9.37 Å². The molecule has 15 heavy (non-hydrogen) atoms. The van der Waals surface area contributed by atoms with Crippen molar-refractivity contribution in [2.45, 2.75) is 18.9 Å². The Morgan fingerprint density at radius 1 is 1.60 bits per heavy atom. The number of hydrogen-bond acceptors (Lipinski definition) is 3. The van der Waals surface area contributed by atoms with Crippen molar-refractivity contribution in [3.8, 4) is 5.88 Å². The molecule has 0 aromatic carbocycles. The molecule has 0 unspecified atom stereocenters. The second-order valence-corrected chi connectivity index (χ2v) is 4.19. The highest BCUT2D eigenvalue weighted by Crippen LogP contribution is 2.30. The van der Waals surface area contributed by atoms with Crippen LogP contribution in [0.1, 0.15) is 12.8 Å². The van der Waals surface area contributed by atoms with Crippen molar-refractivity contribution in [2.24, 2.45) is 11.7 Å². The van der Waals surface area contributed by atoms with Gasteiger partial charge in [0.15, 0.2) is 5.82 Å². The Balaban J connectivity index is 1.94. The van der Waals surface area contributed by atoms with Gasteiger partial charge in [0.05, 0.1) is 5.02 Å². The molecule has 82 valence electrons. The van der Waals surface area contributed by atoms with Crippen molar-refractivity contribution in [2.75, 3.05) is 6.54 Å². The van der Waals surface area contributed by atoms with Crippen molar-refractivity contribution in [3.05, 3.63) is 23.1 Å². The van der Waals surface area contributed by atoms with Gasteiger partial charge in [-0.1, -0.05) is 11.6 Å². The van der Waals surface area contributed by atoms with Gasteiger partial charge in [-0.2, -0.15) is 0 Å². The first-order valence-electron chi connectivity index (χ1n) is 4.87. The van der Waals surface area contributed by atoms with Crippen LogP contribution in [0.2, 0.25) is 5.02 Å². The number of pyridine rings is 1. The molecule has 0 atom stereocenters. The fraction of sp³-hybridized carbons (Fsp3) is 0.500. The molecule has 1 aromatic rings. The van der Waals surface area contributed by atoms with E-state index in [4.69, 9.17) is 22.1 Å². The smallest absolute Gasteiger partial charge is 0.250 e. The zero-order valence-electron chi connectivity index (χ0n) is 8.12. The van der Waals surface area contributed by atoms with Gasteiger partial charge in [0, 0.05) is 6.20 Å². The van der Waals surface area contributed by atoms with Gasteiger partial charge in [-0.05, 0) is 31.4 Å². The number of ether oxygens (including phenoxy) is 1. The van der Waals surface area contributed by atoms with Crippen LogP contribution < -0.4 is 10.5 Å². The van der Waals surface area contributed by atoms with Crippen molar-refractivity contribution >= 4 is 11.6 Å². The summed E-state index contributed by atoms with van der Waals surface area (Å²) in [7, 11) is 0. The van der Waals surface area contributed by atoms with E-state index in [9.17, 15) is 4.39 Å². The van der Waals surface area contributed by atoms with Gasteiger partial charge < -0.3 is 10.5 Å². The maximum atomic E-state index is 13.3. The van der Waals surface area contributed by atoms with E-state index >= 15 is 0 Å². The summed E-state index contributed by atoms with van der Waals surface area (Å²) >= 11 is 5.57. The molecule has 0 amide bonds. The molecular weight excluding hydrogens is 219 g/mol. The fourth-order valence-corrected chi connectivity index (χ4v) is 1.75. The first kappa shape index (κ1) is 10.6. The summed E-state index contributed by atoms with van der Waals surface area (Å²) in [6, 6.07) is 1.20. The largest absolute Gasteiger partial charge is 0.472 e. The summed E-state index contributed by atoms with van der Waals surface area (Å²) in [5.41, 5.74) is 5.48. The van der Waals surface area contributed by atoms with E-state index in [-0.39, 0.29) is 17.0 Å². The number of halogens is 2. The molecule has 5 heteroatoms. The van der Waals surface area contributed by atoms with Crippen LogP contribution in [0.5, 0.6) is 5.88 Å². The lowest BCUT2D eigenvalue weighted by Crippen LogP contribution is -2.38. The maximum Gasteiger partial charge on any atom is 0.250 e.